The van der Waals surface area contributed by atoms with Gasteiger partial charge in [0, 0.05) is 29.8 Å². The molecule has 32 heavy (non-hydrogen) atoms. The SMILES string of the molecule is N[C@H](Cc1cc(F)c(F)cc1F)[C@@H]1C[C@H]2CC[C@@H](C1)N2C(=O)CNC(=O)c1ccccc1. The van der Waals surface area contributed by atoms with Gasteiger partial charge in [0.05, 0.1) is 6.54 Å². The van der Waals surface area contributed by atoms with Crippen LogP contribution >= 0.6 is 0 Å². The molecule has 8 heteroatoms. The fourth-order valence-corrected chi connectivity index (χ4v) is 5.06. The fraction of sp³-hybridized carbons (Fsp3) is 0.417. The number of fused-ring (bicyclic) bond motifs is 2. The summed E-state index contributed by atoms with van der Waals surface area (Å²) in [4.78, 5) is 26.9. The zero-order valence-electron chi connectivity index (χ0n) is 17.6. The smallest absolute Gasteiger partial charge is 0.251 e. The Labute approximate surface area is 184 Å². The first-order chi connectivity index (χ1) is 15.3. The molecule has 2 heterocycles. The van der Waals surface area contributed by atoms with E-state index < -0.39 is 23.5 Å². The normalized spacial score (nSPS) is 23.1. The first-order valence-electron chi connectivity index (χ1n) is 10.9. The Morgan fingerprint density at radius 3 is 2.28 bits per heavy atom. The summed E-state index contributed by atoms with van der Waals surface area (Å²) in [6, 6.07) is 9.73. The Balaban J connectivity index is 1.34. The van der Waals surface area contributed by atoms with Gasteiger partial charge < -0.3 is 16.0 Å². The van der Waals surface area contributed by atoms with Crippen molar-refractivity contribution in [2.24, 2.45) is 11.7 Å². The average Bonchev–Trinajstić information content (AvgIpc) is 3.05. The van der Waals surface area contributed by atoms with E-state index in [0.29, 0.717) is 24.5 Å². The maximum absolute atomic E-state index is 14.0. The summed E-state index contributed by atoms with van der Waals surface area (Å²) in [5.41, 5.74) is 6.89. The van der Waals surface area contributed by atoms with E-state index in [4.69, 9.17) is 5.73 Å². The van der Waals surface area contributed by atoms with Gasteiger partial charge in [0.2, 0.25) is 5.91 Å². The van der Waals surface area contributed by atoms with E-state index in [1.54, 1.807) is 24.3 Å². The molecule has 0 saturated carbocycles. The highest BCUT2D eigenvalue weighted by atomic mass is 19.2. The van der Waals surface area contributed by atoms with Crippen molar-refractivity contribution in [3.63, 3.8) is 0 Å². The van der Waals surface area contributed by atoms with Gasteiger partial charge in [-0.15, -0.1) is 0 Å². The largest absolute Gasteiger partial charge is 0.343 e. The van der Waals surface area contributed by atoms with Gasteiger partial charge >= 0.3 is 0 Å². The first kappa shape index (κ1) is 22.3. The number of rotatable bonds is 6. The zero-order chi connectivity index (χ0) is 22.8. The summed E-state index contributed by atoms with van der Waals surface area (Å²) in [5, 5.41) is 2.68. The molecule has 2 amide bonds. The minimum absolute atomic E-state index is 0.0146. The van der Waals surface area contributed by atoms with Crippen molar-refractivity contribution in [2.45, 2.75) is 50.2 Å². The molecular formula is C24H26F3N3O2. The van der Waals surface area contributed by atoms with Crippen LogP contribution in [0, 0.1) is 23.4 Å². The molecule has 0 aromatic heterocycles. The standard InChI is InChI=1S/C24H26F3N3O2/c25-19-12-21(27)20(26)10-15(19)11-22(28)16-8-17-6-7-18(9-16)30(17)23(31)13-29-24(32)14-4-2-1-3-5-14/h1-5,10,12,16-18,22H,6-9,11,13,28H2,(H,29,32)/t16-,17-,18+,22-/m1/s1. The molecule has 170 valence electrons. The number of benzene rings is 2. The van der Waals surface area contributed by atoms with E-state index in [0.717, 1.165) is 18.9 Å². The van der Waals surface area contributed by atoms with Crippen molar-refractivity contribution in [3.05, 3.63) is 71.0 Å². The molecule has 2 bridgehead atoms. The highest BCUT2D eigenvalue weighted by Gasteiger charge is 2.44. The summed E-state index contributed by atoms with van der Waals surface area (Å²) in [6.07, 6.45) is 3.15. The highest BCUT2D eigenvalue weighted by molar-refractivity contribution is 5.96. The van der Waals surface area contributed by atoms with Crippen LogP contribution in [0.15, 0.2) is 42.5 Å². The number of nitrogens with zero attached hydrogens (tertiary/aromatic N) is 1. The van der Waals surface area contributed by atoms with Gasteiger partial charge in [0.15, 0.2) is 11.6 Å². The van der Waals surface area contributed by atoms with Gasteiger partial charge in [-0.2, -0.15) is 0 Å². The molecule has 2 aromatic rings. The maximum atomic E-state index is 14.0. The topological polar surface area (TPSA) is 75.4 Å². The Morgan fingerprint density at radius 2 is 1.62 bits per heavy atom. The molecule has 2 fully saturated rings. The van der Waals surface area contributed by atoms with E-state index in [9.17, 15) is 22.8 Å². The van der Waals surface area contributed by atoms with Crippen LogP contribution in [0.3, 0.4) is 0 Å². The minimum Gasteiger partial charge on any atom is -0.343 e. The highest BCUT2D eigenvalue weighted by Crippen LogP contribution is 2.40. The Bertz CT molecular complexity index is 987. The van der Waals surface area contributed by atoms with Crippen LogP contribution in [0.5, 0.6) is 0 Å². The molecule has 0 unspecified atom stereocenters. The number of carbonyl (C=O) groups excluding carboxylic acids is 2. The van der Waals surface area contributed by atoms with Crippen molar-refractivity contribution in [2.75, 3.05) is 6.54 Å². The monoisotopic (exact) mass is 445 g/mol. The predicted molar refractivity (Wildman–Crippen MR) is 113 cm³/mol. The van der Waals surface area contributed by atoms with Crippen LogP contribution in [-0.2, 0) is 11.2 Å². The molecule has 3 N–H and O–H groups in total. The number of carbonyl (C=O) groups is 2. The van der Waals surface area contributed by atoms with Crippen molar-refractivity contribution in [1.82, 2.24) is 10.2 Å². The minimum atomic E-state index is -1.22. The molecule has 2 aliphatic rings. The van der Waals surface area contributed by atoms with Crippen LogP contribution in [0.1, 0.15) is 41.6 Å². The van der Waals surface area contributed by atoms with E-state index >= 15 is 0 Å². The number of hydrogen-bond acceptors (Lipinski definition) is 3. The third-order valence-corrected chi connectivity index (χ3v) is 6.64. The Morgan fingerprint density at radius 1 is 1.00 bits per heavy atom. The molecule has 4 atom stereocenters. The van der Waals surface area contributed by atoms with Gasteiger partial charge in [-0.3, -0.25) is 9.59 Å². The van der Waals surface area contributed by atoms with Crippen molar-refractivity contribution in [1.29, 1.82) is 0 Å². The van der Waals surface area contributed by atoms with Gasteiger partial charge in [-0.05, 0) is 61.8 Å². The average molecular weight is 445 g/mol. The number of halogens is 3. The van der Waals surface area contributed by atoms with Crippen LogP contribution in [0.4, 0.5) is 13.2 Å². The first-order valence-corrected chi connectivity index (χ1v) is 10.9. The summed E-state index contributed by atoms with van der Waals surface area (Å²) in [6.45, 7) is -0.0719. The lowest BCUT2D eigenvalue weighted by atomic mass is 9.82. The lowest BCUT2D eigenvalue weighted by molar-refractivity contribution is -0.135. The van der Waals surface area contributed by atoms with Gasteiger partial charge in [0.1, 0.15) is 5.82 Å². The summed E-state index contributed by atoms with van der Waals surface area (Å²) >= 11 is 0. The Hall–Kier alpha value is -2.87. The number of amides is 2. The van der Waals surface area contributed by atoms with Gasteiger partial charge in [0.25, 0.3) is 5.91 Å². The molecule has 5 nitrogen and oxygen atoms in total. The Kier molecular flexibility index (Phi) is 6.50. The summed E-state index contributed by atoms with van der Waals surface area (Å²) < 4.78 is 40.7. The van der Waals surface area contributed by atoms with Crippen molar-refractivity contribution < 1.29 is 22.8 Å². The van der Waals surface area contributed by atoms with Crippen molar-refractivity contribution in [3.8, 4) is 0 Å². The molecule has 0 spiro atoms. The third kappa shape index (κ3) is 4.65. The molecular weight excluding hydrogens is 419 g/mol. The maximum Gasteiger partial charge on any atom is 0.251 e. The molecule has 0 radical (unpaired) electrons. The van der Waals surface area contributed by atoms with Gasteiger partial charge in [-0.25, -0.2) is 13.2 Å². The van der Waals surface area contributed by atoms with E-state index in [2.05, 4.69) is 5.32 Å². The third-order valence-electron chi connectivity index (χ3n) is 6.64. The number of nitrogens with one attached hydrogen (secondary N) is 1. The summed E-state index contributed by atoms with van der Waals surface area (Å²) in [7, 11) is 0. The van der Waals surface area contributed by atoms with Crippen LogP contribution in [-0.4, -0.2) is 41.4 Å². The second kappa shape index (κ2) is 9.32. The molecule has 2 aromatic carbocycles. The number of hydrogen-bond donors (Lipinski definition) is 2. The number of nitrogens with two attached hydrogens (primary N) is 1. The van der Waals surface area contributed by atoms with E-state index in [-0.39, 0.29) is 48.3 Å². The second-order valence-electron chi connectivity index (χ2n) is 8.69. The van der Waals surface area contributed by atoms with E-state index in [1.807, 2.05) is 11.0 Å². The van der Waals surface area contributed by atoms with Crippen LogP contribution in [0.2, 0.25) is 0 Å². The molecule has 2 aliphatic heterocycles. The fourth-order valence-electron chi connectivity index (χ4n) is 5.06. The van der Waals surface area contributed by atoms with Gasteiger partial charge in [-0.1, -0.05) is 18.2 Å². The molecule has 0 aliphatic carbocycles. The zero-order valence-corrected chi connectivity index (χ0v) is 17.6. The molecule has 2 saturated heterocycles. The quantitative estimate of drug-likeness (QED) is 0.671. The van der Waals surface area contributed by atoms with Crippen LogP contribution in [0.25, 0.3) is 0 Å². The summed E-state index contributed by atoms with van der Waals surface area (Å²) in [5.74, 6) is -3.49. The lowest BCUT2D eigenvalue weighted by Crippen LogP contribution is -2.52. The second-order valence-corrected chi connectivity index (χ2v) is 8.69. The number of piperidine rings is 1. The molecule has 4 rings (SSSR count). The lowest BCUT2D eigenvalue weighted by Gasteiger charge is -2.41. The van der Waals surface area contributed by atoms with Crippen LogP contribution < -0.4 is 11.1 Å². The van der Waals surface area contributed by atoms with Crippen molar-refractivity contribution >= 4 is 11.8 Å². The predicted octanol–water partition coefficient (Wildman–Crippen LogP) is 3.17. The van der Waals surface area contributed by atoms with E-state index in [1.165, 1.54) is 0 Å².